The summed E-state index contributed by atoms with van der Waals surface area (Å²) in [5, 5.41) is 11.6. The minimum atomic E-state index is 0.873. The standard InChI is InChI=1S/C9H9N5/c1-8(9-3-2-4-10-5-9)13-14-6-11-12-7-14/h2-7H,1H3. The first-order valence-corrected chi connectivity index (χ1v) is 4.17. The highest BCUT2D eigenvalue weighted by Crippen LogP contribution is 1.98. The molecule has 2 aromatic heterocycles. The molecule has 70 valence electrons. The van der Waals surface area contributed by atoms with Crippen LogP contribution in [-0.2, 0) is 0 Å². The maximum atomic E-state index is 4.26. The molecule has 0 N–H and O–H groups in total. The molecule has 0 aliphatic heterocycles. The van der Waals surface area contributed by atoms with Crippen LogP contribution in [0.3, 0.4) is 0 Å². The highest BCUT2D eigenvalue weighted by Gasteiger charge is 1.96. The van der Waals surface area contributed by atoms with Gasteiger partial charge in [-0.3, -0.25) is 4.98 Å². The first-order valence-electron chi connectivity index (χ1n) is 4.17. The molecule has 0 aliphatic rings. The topological polar surface area (TPSA) is 56.0 Å². The number of aromatic nitrogens is 4. The summed E-state index contributed by atoms with van der Waals surface area (Å²) in [5.41, 5.74) is 1.86. The van der Waals surface area contributed by atoms with Crippen molar-refractivity contribution in [3.05, 3.63) is 42.7 Å². The van der Waals surface area contributed by atoms with Gasteiger partial charge in [0.15, 0.2) is 0 Å². The smallest absolute Gasteiger partial charge is 0.141 e. The zero-order valence-electron chi connectivity index (χ0n) is 7.70. The lowest BCUT2D eigenvalue weighted by molar-refractivity contribution is 0.870. The minimum Gasteiger partial charge on any atom is -0.264 e. The number of hydrogen-bond acceptors (Lipinski definition) is 4. The molecule has 5 nitrogen and oxygen atoms in total. The zero-order valence-corrected chi connectivity index (χ0v) is 7.70. The predicted octanol–water partition coefficient (Wildman–Crippen LogP) is 0.945. The molecule has 0 amide bonds. The van der Waals surface area contributed by atoms with Gasteiger partial charge in [-0.25, -0.2) is 4.68 Å². The summed E-state index contributed by atoms with van der Waals surface area (Å²) in [4.78, 5) is 4.01. The van der Waals surface area contributed by atoms with E-state index < -0.39 is 0 Å². The lowest BCUT2D eigenvalue weighted by Gasteiger charge is -1.98. The normalized spacial score (nSPS) is 11.6. The Balaban J connectivity index is 2.29. The summed E-state index contributed by atoms with van der Waals surface area (Å²) in [5.74, 6) is 0. The van der Waals surface area contributed by atoms with Crippen LogP contribution < -0.4 is 0 Å². The molecule has 2 rings (SSSR count). The average Bonchev–Trinajstić information content (AvgIpc) is 2.72. The van der Waals surface area contributed by atoms with Crippen LogP contribution in [0.2, 0.25) is 0 Å². The second-order valence-corrected chi connectivity index (χ2v) is 2.77. The van der Waals surface area contributed by atoms with Gasteiger partial charge in [0.05, 0.1) is 5.71 Å². The highest BCUT2D eigenvalue weighted by molar-refractivity contribution is 5.98. The van der Waals surface area contributed by atoms with E-state index >= 15 is 0 Å². The number of pyridine rings is 1. The van der Waals surface area contributed by atoms with Crippen LogP contribution in [0.4, 0.5) is 0 Å². The molecule has 0 aliphatic carbocycles. The lowest BCUT2D eigenvalue weighted by atomic mass is 10.2. The van der Waals surface area contributed by atoms with Gasteiger partial charge in [0, 0.05) is 18.0 Å². The summed E-state index contributed by atoms with van der Waals surface area (Å²) >= 11 is 0. The molecule has 0 bridgehead atoms. The summed E-state index contributed by atoms with van der Waals surface area (Å²) in [7, 11) is 0. The summed E-state index contributed by atoms with van der Waals surface area (Å²) in [6.45, 7) is 1.91. The first-order chi connectivity index (χ1) is 6.86. The fourth-order valence-corrected chi connectivity index (χ4v) is 1.05. The van der Waals surface area contributed by atoms with E-state index in [1.807, 2.05) is 19.1 Å². The minimum absolute atomic E-state index is 0.873. The maximum Gasteiger partial charge on any atom is 0.141 e. The van der Waals surface area contributed by atoms with E-state index in [0.717, 1.165) is 11.3 Å². The molecule has 0 saturated carbocycles. The number of hydrogen-bond donors (Lipinski definition) is 0. The van der Waals surface area contributed by atoms with Gasteiger partial charge in [-0.2, -0.15) is 5.10 Å². The van der Waals surface area contributed by atoms with Crippen molar-refractivity contribution < 1.29 is 0 Å². The van der Waals surface area contributed by atoms with Gasteiger partial charge in [0.25, 0.3) is 0 Å². The Hall–Kier alpha value is -2.04. The molecule has 5 heteroatoms. The molecule has 0 saturated heterocycles. The summed E-state index contributed by atoms with van der Waals surface area (Å²) in [6, 6.07) is 3.83. The Morgan fingerprint density at radius 2 is 2.14 bits per heavy atom. The second-order valence-electron chi connectivity index (χ2n) is 2.77. The molecule has 0 unspecified atom stereocenters. The van der Waals surface area contributed by atoms with E-state index in [4.69, 9.17) is 0 Å². The van der Waals surface area contributed by atoms with Gasteiger partial charge in [0.1, 0.15) is 12.7 Å². The van der Waals surface area contributed by atoms with E-state index in [-0.39, 0.29) is 0 Å². The largest absolute Gasteiger partial charge is 0.264 e. The fraction of sp³-hybridized carbons (Fsp3) is 0.111. The number of rotatable bonds is 2. The van der Waals surface area contributed by atoms with Crippen LogP contribution in [0, 0.1) is 0 Å². The summed E-state index contributed by atoms with van der Waals surface area (Å²) < 4.78 is 1.56. The van der Waals surface area contributed by atoms with E-state index in [0.29, 0.717) is 0 Å². The monoisotopic (exact) mass is 187 g/mol. The molecular formula is C9H9N5. The van der Waals surface area contributed by atoms with Crippen LogP contribution in [-0.4, -0.2) is 25.6 Å². The molecule has 0 fully saturated rings. The fourth-order valence-electron chi connectivity index (χ4n) is 1.05. The van der Waals surface area contributed by atoms with Gasteiger partial charge in [-0.1, -0.05) is 6.07 Å². The average molecular weight is 187 g/mol. The van der Waals surface area contributed by atoms with Crippen LogP contribution in [0.25, 0.3) is 0 Å². The third-order valence-electron chi connectivity index (χ3n) is 1.75. The van der Waals surface area contributed by atoms with E-state index in [2.05, 4.69) is 20.3 Å². The van der Waals surface area contributed by atoms with Gasteiger partial charge in [-0.05, 0) is 13.0 Å². The van der Waals surface area contributed by atoms with E-state index in [1.54, 1.807) is 29.7 Å². The summed E-state index contributed by atoms with van der Waals surface area (Å²) in [6.07, 6.45) is 6.58. The van der Waals surface area contributed by atoms with Crippen molar-refractivity contribution >= 4 is 5.71 Å². The van der Waals surface area contributed by atoms with Crippen molar-refractivity contribution in [2.75, 3.05) is 0 Å². The maximum absolute atomic E-state index is 4.26. The molecular weight excluding hydrogens is 178 g/mol. The lowest BCUT2D eigenvalue weighted by Crippen LogP contribution is -1.98. The van der Waals surface area contributed by atoms with Crippen molar-refractivity contribution in [1.82, 2.24) is 19.9 Å². The third kappa shape index (κ3) is 1.82. The van der Waals surface area contributed by atoms with E-state index in [1.165, 1.54) is 0 Å². The van der Waals surface area contributed by atoms with Crippen molar-refractivity contribution in [3.63, 3.8) is 0 Å². The first kappa shape index (κ1) is 8.55. The molecule has 2 aromatic rings. The number of nitrogens with zero attached hydrogens (tertiary/aromatic N) is 5. The van der Waals surface area contributed by atoms with Crippen LogP contribution in [0.1, 0.15) is 12.5 Å². The molecule has 0 aromatic carbocycles. The van der Waals surface area contributed by atoms with Crippen LogP contribution in [0.15, 0.2) is 42.3 Å². The van der Waals surface area contributed by atoms with Crippen molar-refractivity contribution in [1.29, 1.82) is 0 Å². The van der Waals surface area contributed by atoms with Crippen molar-refractivity contribution in [2.24, 2.45) is 5.10 Å². The van der Waals surface area contributed by atoms with Gasteiger partial charge < -0.3 is 0 Å². The molecule has 0 atom stereocenters. The molecule has 0 spiro atoms. The van der Waals surface area contributed by atoms with Gasteiger partial charge in [-0.15, -0.1) is 10.2 Å². The van der Waals surface area contributed by atoms with Gasteiger partial charge in [0.2, 0.25) is 0 Å². The Bertz CT molecular complexity index is 418. The van der Waals surface area contributed by atoms with Crippen molar-refractivity contribution in [2.45, 2.75) is 6.92 Å². The van der Waals surface area contributed by atoms with E-state index in [9.17, 15) is 0 Å². The van der Waals surface area contributed by atoms with Crippen LogP contribution >= 0.6 is 0 Å². The Morgan fingerprint density at radius 1 is 1.36 bits per heavy atom. The van der Waals surface area contributed by atoms with Crippen LogP contribution in [0.5, 0.6) is 0 Å². The Labute approximate surface area is 81.1 Å². The molecule has 0 radical (unpaired) electrons. The quantitative estimate of drug-likeness (QED) is 0.657. The Kier molecular flexibility index (Phi) is 2.31. The highest BCUT2D eigenvalue weighted by atomic mass is 15.4. The SMILES string of the molecule is CC(=Nn1cnnc1)c1cccnc1. The van der Waals surface area contributed by atoms with Crippen molar-refractivity contribution in [3.8, 4) is 0 Å². The molecule has 2 heterocycles. The second kappa shape index (κ2) is 3.78. The zero-order chi connectivity index (χ0) is 9.80. The third-order valence-corrected chi connectivity index (χ3v) is 1.75. The predicted molar refractivity (Wildman–Crippen MR) is 51.9 cm³/mol. The Morgan fingerprint density at radius 3 is 2.79 bits per heavy atom. The van der Waals surface area contributed by atoms with Gasteiger partial charge >= 0.3 is 0 Å². The molecule has 14 heavy (non-hydrogen) atoms.